The van der Waals surface area contributed by atoms with Crippen molar-refractivity contribution in [2.24, 2.45) is 0 Å². The van der Waals surface area contributed by atoms with Crippen molar-refractivity contribution < 1.29 is 32.2 Å². The van der Waals surface area contributed by atoms with E-state index < -0.39 is 35.3 Å². The van der Waals surface area contributed by atoms with Gasteiger partial charge in [-0.1, -0.05) is 16.8 Å². The molecular formula is C31H24ClF3N6O5. The van der Waals surface area contributed by atoms with Gasteiger partial charge in [0.15, 0.2) is 5.69 Å². The maximum Gasteiger partial charge on any atom is 0.436 e. The van der Waals surface area contributed by atoms with E-state index in [0.29, 0.717) is 17.4 Å². The summed E-state index contributed by atoms with van der Waals surface area (Å²) in [6, 6.07) is 13.9. The smallest absolute Gasteiger partial charge is 0.436 e. The average molecular weight is 653 g/mol. The first-order valence-corrected chi connectivity index (χ1v) is 13.8. The molecule has 2 aromatic carbocycles. The van der Waals surface area contributed by atoms with Gasteiger partial charge in [-0.3, -0.25) is 19.1 Å². The van der Waals surface area contributed by atoms with E-state index in [2.05, 4.69) is 20.6 Å². The van der Waals surface area contributed by atoms with Crippen LogP contribution >= 0.6 is 11.6 Å². The first-order valence-electron chi connectivity index (χ1n) is 13.5. The van der Waals surface area contributed by atoms with Gasteiger partial charge in [-0.2, -0.15) is 13.2 Å². The third kappa shape index (κ3) is 6.91. The number of nitrogens with zero attached hydrogens (tertiary/aromatic N) is 5. The normalized spacial score (nSPS) is 12.0. The molecule has 0 radical (unpaired) electrons. The number of anilines is 1. The van der Waals surface area contributed by atoms with Crippen LogP contribution in [0.3, 0.4) is 0 Å². The Labute approximate surface area is 264 Å². The summed E-state index contributed by atoms with van der Waals surface area (Å²) in [5, 5.41) is 9.84. The van der Waals surface area contributed by atoms with Crippen molar-refractivity contribution >= 4 is 29.2 Å². The van der Waals surface area contributed by atoms with E-state index in [-0.39, 0.29) is 39.6 Å². The van der Waals surface area contributed by atoms with Crippen LogP contribution in [0.1, 0.15) is 27.7 Å². The van der Waals surface area contributed by atoms with Crippen LogP contribution in [-0.4, -0.2) is 50.6 Å². The third-order valence-corrected chi connectivity index (χ3v) is 7.17. The number of carbonyl (C=O) groups excluding carboxylic acids is 2. The minimum absolute atomic E-state index is 0.0819. The maximum absolute atomic E-state index is 13.7. The number of hydrogen-bond acceptors (Lipinski definition) is 8. The summed E-state index contributed by atoms with van der Waals surface area (Å²) in [6.45, 7) is 0. The van der Waals surface area contributed by atoms with Crippen LogP contribution in [0.2, 0.25) is 5.02 Å². The molecule has 0 aliphatic rings. The predicted molar refractivity (Wildman–Crippen MR) is 161 cm³/mol. The van der Waals surface area contributed by atoms with Gasteiger partial charge in [-0.05, 0) is 60.2 Å². The second kappa shape index (κ2) is 13.2. The lowest BCUT2D eigenvalue weighted by atomic mass is 10.0. The van der Waals surface area contributed by atoms with E-state index in [1.807, 2.05) is 0 Å². The second-order valence-electron chi connectivity index (χ2n) is 9.84. The minimum atomic E-state index is -4.73. The molecule has 0 saturated carbocycles. The number of methoxy groups -OCH3 is 2. The fraction of sp³-hybridized carbons (Fsp3) is 0.161. The summed E-state index contributed by atoms with van der Waals surface area (Å²) >= 11 is 6.26. The number of ether oxygens (including phenoxy) is 2. The number of amides is 1. The van der Waals surface area contributed by atoms with Gasteiger partial charge >= 0.3 is 12.1 Å². The highest BCUT2D eigenvalue weighted by Gasteiger charge is 2.35. The first-order chi connectivity index (χ1) is 22.0. The van der Waals surface area contributed by atoms with Crippen LogP contribution < -0.4 is 15.6 Å². The molecule has 5 rings (SSSR count). The van der Waals surface area contributed by atoms with E-state index >= 15 is 0 Å². The number of pyridine rings is 2. The zero-order chi connectivity index (χ0) is 33.0. The van der Waals surface area contributed by atoms with Crippen LogP contribution in [0.5, 0.6) is 5.75 Å². The number of rotatable bonds is 9. The highest BCUT2D eigenvalue weighted by atomic mass is 35.5. The molecule has 5 aromatic rings. The molecule has 0 bridgehead atoms. The number of nitrogens with one attached hydrogen (secondary N) is 1. The van der Waals surface area contributed by atoms with E-state index in [4.69, 9.17) is 21.1 Å². The number of hydrogen-bond donors (Lipinski definition) is 1. The van der Waals surface area contributed by atoms with Gasteiger partial charge in [0.05, 0.1) is 37.9 Å². The monoisotopic (exact) mass is 652 g/mol. The lowest BCUT2D eigenvalue weighted by molar-refractivity contribution is -0.141. The van der Waals surface area contributed by atoms with Crippen LogP contribution in [0, 0.1) is 0 Å². The van der Waals surface area contributed by atoms with Crippen molar-refractivity contribution in [3.63, 3.8) is 0 Å². The average Bonchev–Trinajstić information content (AvgIpc) is 3.55. The predicted octanol–water partition coefficient (Wildman–Crippen LogP) is 5.38. The third-order valence-electron chi connectivity index (χ3n) is 6.93. The summed E-state index contributed by atoms with van der Waals surface area (Å²) in [4.78, 5) is 43.3. The van der Waals surface area contributed by atoms with Crippen LogP contribution in [-0.2, 0) is 22.1 Å². The van der Waals surface area contributed by atoms with Crippen LogP contribution in [0.4, 0.5) is 18.9 Å². The maximum atomic E-state index is 13.7. The Hall–Kier alpha value is -5.50. The lowest BCUT2D eigenvalue weighted by Crippen LogP contribution is -2.34. The van der Waals surface area contributed by atoms with Crippen molar-refractivity contribution in [2.45, 2.75) is 18.6 Å². The highest BCUT2D eigenvalue weighted by Crippen LogP contribution is 2.36. The Kier molecular flexibility index (Phi) is 9.18. The molecule has 0 fully saturated rings. The molecule has 46 heavy (non-hydrogen) atoms. The molecule has 1 atom stereocenters. The topological polar surface area (TPSA) is 130 Å². The van der Waals surface area contributed by atoms with Crippen LogP contribution in [0.15, 0.2) is 90.2 Å². The summed E-state index contributed by atoms with van der Waals surface area (Å²) in [6.07, 6.45) is 0.522. The fourth-order valence-corrected chi connectivity index (χ4v) is 4.85. The molecular weight excluding hydrogens is 629 g/mol. The number of alkyl halides is 3. The highest BCUT2D eigenvalue weighted by molar-refractivity contribution is 6.31. The quantitative estimate of drug-likeness (QED) is 0.210. The van der Waals surface area contributed by atoms with Gasteiger partial charge in [-0.25, -0.2) is 9.48 Å². The molecule has 0 aliphatic carbocycles. The van der Waals surface area contributed by atoms with Crippen molar-refractivity contribution in [2.75, 3.05) is 19.5 Å². The molecule has 1 N–H and O–H groups in total. The fourth-order valence-electron chi connectivity index (χ4n) is 4.67. The van der Waals surface area contributed by atoms with Gasteiger partial charge in [0.25, 0.3) is 5.56 Å². The van der Waals surface area contributed by atoms with E-state index in [1.54, 1.807) is 24.5 Å². The largest absolute Gasteiger partial charge is 0.495 e. The molecule has 3 aromatic heterocycles. The Morgan fingerprint density at radius 2 is 1.70 bits per heavy atom. The zero-order valence-electron chi connectivity index (χ0n) is 24.2. The molecule has 1 unspecified atom stereocenters. The lowest BCUT2D eigenvalue weighted by Gasteiger charge is -2.22. The molecule has 1 amide bonds. The van der Waals surface area contributed by atoms with E-state index in [0.717, 1.165) is 4.68 Å². The summed E-state index contributed by atoms with van der Waals surface area (Å²) in [5.41, 5.74) is 0.0845. The first kappa shape index (κ1) is 31.9. The number of aromatic nitrogens is 5. The summed E-state index contributed by atoms with van der Waals surface area (Å²) in [5.74, 6) is -0.973. The minimum Gasteiger partial charge on any atom is -0.495 e. The SMILES string of the molecule is COC(=O)c1ccc(NC(=O)C(Cc2ccncc2)n2cc(OC)c(-c3cc(Cl)ccc3-n3cc(C(F)(F)F)nn3)cc2=O)cc1. The Bertz CT molecular complexity index is 1950. The molecule has 3 heterocycles. The van der Waals surface area contributed by atoms with Gasteiger partial charge in [0.1, 0.15) is 11.8 Å². The van der Waals surface area contributed by atoms with Gasteiger partial charge < -0.3 is 14.8 Å². The number of carbonyl (C=O) groups is 2. The molecule has 0 aliphatic heterocycles. The number of esters is 1. The van der Waals surface area contributed by atoms with Crippen LogP contribution in [0.25, 0.3) is 16.8 Å². The van der Waals surface area contributed by atoms with Gasteiger partial charge in [0, 0.05) is 46.7 Å². The van der Waals surface area contributed by atoms with E-state index in [9.17, 15) is 27.6 Å². The van der Waals surface area contributed by atoms with Crippen molar-refractivity contribution in [1.82, 2.24) is 24.5 Å². The van der Waals surface area contributed by atoms with E-state index in [1.165, 1.54) is 73.5 Å². The Morgan fingerprint density at radius 1 is 0.978 bits per heavy atom. The molecule has 0 spiro atoms. The van der Waals surface area contributed by atoms with Gasteiger partial charge in [-0.15, -0.1) is 5.10 Å². The second-order valence-corrected chi connectivity index (χ2v) is 10.3. The summed E-state index contributed by atoms with van der Waals surface area (Å²) < 4.78 is 52.2. The number of halogens is 4. The Morgan fingerprint density at radius 3 is 2.33 bits per heavy atom. The molecule has 11 nitrogen and oxygen atoms in total. The van der Waals surface area contributed by atoms with Crippen molar-refractivity contribution in [3.8, 4) is 22.6 Å². The summed E-state index contributed by atoms with van der Waals surface area (Å²) in [7, 11) is 2.60. The Balaban J connectivity index is 1.57. The molecule has 236 valence electrons. The van der Waals surface area contributed by atoms with Crippen molar-refractivity contribution in [3.05, 3.63) is 118 Å². The van der Waals surface area contributed by atoms with Gasteiger partial charge in [0.2, 0.25) is 5.91 Å². The van der Waals surface area contributed by atoms with Crippen molar-refractivity contribution in [1.29, 1.82) is 0 Å². The molecule has 15 heteroatoms. The molecule has 0 saturated heterocycles. The number of benzene rings is 2. The zero-order valence-corrected chi connectivity index (χ0v) is 24.9. The standard InChI is InChI=1S/C31H24ClF3N6O5/c1-45-26-16-40(25(13-18-9-11-36-12-10-18)29(43)37-21-6-3-19(4-7-21)30(44)46-2)28(42)15-23(26)22-14-20(32)5-8-24(22)41-17-27(38-39-41)31(33,34)35/h3-12,14-17,25H,13H2,1-2H3,(H,37,43).